The molecule has 0 radical (unpaired) electrons. The average molecular weight is 444 g/mol. The lowest BCUT2D eigenvalue weighted by atomic mass is 9.74. The molecule has 3 heterocycles. The summed E-state index contributed by atoms with van der Waals surface area (Å²) in [6.07, 6.45) is 4.05. The Morgan fingerprint density at radius 3 is 2.73 bits per heavy atom. The third-order valence-electron chi connectivity index (χ3n) is 7.35. The first kappa shape index (κ1) is 20.1. The van der Waals surface area contributed by atoms with Gasteiger partial charge in [-0.3, -0.25) is 19.8 Å². The van der Waals surface area contributed by atoms with Gasteiger partial charge in [0.1, 0.15) is 0 Å². The zero-order chi connectivity index (χ0) is 22.7. The molecule has 2 unspecified atom stereocenters. The van der Waals surface area contributed by atoms with Gasteiger partial charge in [-0.2, -0.15) is 5.10 Å². The molecule has 6 rings (SSSR count). The zero-order valence-electron chi connectivity index (χ0n) is 18.3. The second kappa shape index (κ2) is 7.52. The number of fused-ring (bicyclic) bond motifs is 8. The molecule has 1 aliphatic carbocycles. The zero-order valence-corrected chi connectivity index (χ0v) is 18.3. The molecule has 8 nitrogen and oxygen atoms in total. The third-order valence-corrected chi connectivity index (χ3v) is 7.35. The first-order valence-electron chi connectivity index (χ1n) is 11.4. The second-order valence-electron chi connectivity index (χ2n) is 8.93. The highest BCUT2D eigenvalue weighted by Gasteiger charge is 2.58. The monoisotopic (exact) mass is 444 g/mol. The fourth-order valence-electron chi connectivity index (χ4n) is 6.12. The molecule has 168 valence electrons. The van der Waals surface area contributed by atoms with E-state index in [1.54, 1.807) is 16.8 Å². The van der Waals surface area contributed by atoms with E-state index in [-0.39, 0.29) is 35.6 Å². The van der Waals surface area contributed by atoms with Crippen molar-refractivity contribution in [2.75, 3.05) is 13.2 Å². The SMILES string of the molecule is CCOC(=O)C1C2CCCN2[C@H]2c3ccccc3-c3cn(-c4ccc([N+](=O)[O-])cc4)nc3[C@H]12. The van der Waals surface area contributed by atoms with Gasteiger partial charge in [-0.15, -0.1) is 0 Å². The predicted molar refractivity (Wildman–Crippen MR) is 121 cm³/mol. The predicted octanol–water partition coefficient (Wildman–Crippen LogP) is 4.24. The maximum absolute atomic E-state index is 13.2. The van der Waals surface area contributed by atoms with Crippen LogP contribution in [0.5, 0.6) is 0 Å². The van der Waals surface area contributed by atoms with Gasteiger partial charge in [0, 0.05) is 41.9 Å². The van der Waals surface area contributed by atoms with Crippen molar-refractivity contribution in [3.05, 3.63) is 76.1 Å². The van der Waals surface area contributed by atoms with Gasteiger partial charge in [-0.25, -0.2) is 4.68 Å². The molecule has 2 aliphatic heterocycles. The summed E-state index contributed by atoms with van der Waals surface area (Å²) >= 11 is 0. The van der Waals surface area contributed by atoms with Crippen LogP contribution in [-0.4, -0.2) is 44.8 Å². The van der Waals surface area contributed by atoms with E-state index in [0.717, 1.165) is 41.9 Å². The number of ether oxygens (including phenoxy) is 1. The fraction of sp³-hybridized carbons (Fsp3) is 0.360. The van der Waals surface area contributed by atoms with Gasteiger partial charge in [-0.05, 0) is 49.6 Å². The first-order chi connectivity index (χ1) is 16.1. The minimum Gasteiger partial charge on any atom is -0.466 e. The summed E-state index contributed by atoms with van der Waals surface area (Å²) in [5.41, 5.74) is 5.08. The number of aromatic nitrogens is 2. The van der Waals surface area contributed by atoms with Crippen molar-refractivity contribution >= 4 is 11.7 Å². The number of hydrogen-bond acceptors (Lipinski definition) is 6. The molecule has 8 heteroatoms. The van der Waals surface area contributed by atoms with Gasteiger partial charge in [-0.1, -0.05) is 24.3 Å². The molecule has 1 aromatic heterocycles. The van der Waals surface area contributed by atoms with Crippen molar-refractivity contribution in [1.29, 1.82) is 0 Å². The molecule has 33 heavy (non-hydrogen) atoms. The van der Waals surface area contributed by atoms with Crippen molar-refractivity contribution < 1.29 is 14.5 Å². The molecular formula is C25H24N4O4. The van der Waals surface area contributed by atoms with Crippen LogP contribution < -0.4 is 0 Å². The van der Waals surface area contributed by atoms with Crippen LogP contribution in [0.3, 0.4) is 0 Å². The molecular weight excluding hydrogens is 420 g/mol. The molecule has 0 spiro atoms. The van der Waals surface area contributed by atoms with Crippen LogP contribution in [-0.2, 0) is 9.53 Å². The summed E-state index contributed by atoms with van der Waals surface area (Å²) < 4.78 is 7.33. The van der Waals surface area contributed by atoms with E-state index in [0.29, 0.717) is 6.61 Å². The molecule has 0 bridgehead atoms. The van der Waals surface area contributed by atoms with E-state index in [1.165, 1.54) is 17.7 Å². The summed E-state index contributed by atoms with van der Waals surface area (Å²) in [6.45, 7) is 3.18. The maximum atomic E-state index is 13.2. The number of carbonyl (C=O) groups is 1. The number of nitro benzene ring substituents is 1. The quantitative estimate of drug-likeness (QED) is 0.340. The number of esters is 1. The lowest BCUT2D eigenvalue weighted by Gasteiger charge is -2.33. The minimum absolute atomic E-state index is 0.0415. The molecule has 0 amide bonds. The highest BCUT2D eigenvalue weighted by Crippen LogP contribution is 2.59. The maximum Gasteiger partial charge on any atom is 0.311 e. The Morgan fingerprint density at radius 1 is 1.18 bits per heavy atom. The average Bonchev–Trinajstić information content (AvgIpc) is 3.53. The Balaban J connectivity index is 1.51. The Labute approximate surface area is 190 Å². The Kier molecular flexibility index (Phi) is 4.58. The topological polar surface area (TPSA) is 90.5 Å². The molecule has 2 fully saturated rings. The molecule has 0 N–H and O–H groups in total. The normalized spacial score (nSPS) is 25.1. The van der Waals surface area contributed by atoms with E-state index in [4.69, 9.17) is 9.84 Å². The summed E-state index contributed by atoms with van der Waals surface area (Å²) in [4.78, 5) is 26.3. The molecule has 4 atom stereocenters. The highest BCUT2D eigenvalue weighted by molar-refractivity contribution is 5.80. The van der Waals surface area contributed by atoms with E-state index < -0.39 is 4.92 Å². The summed E-state index contributed by atoms with van der Waals surface area (Å²) in [5.74, 6) is -0.486. The van der Waals surface area contributed by atoms with E-state index in [9.17, 15) is 14.9 Å². The largest absolute Gasteiger partial charge is 0.466 e. The third kappa shape index (κ3) is 2.94. The smallest absolute Gasteiger partial charge is 0.311 e. The lowest BCUT2D eigenvalue weighted by Crippen LogP contribution is -2.32. The number of benzene rings is 2. The van der Waals surface area contributed by atoms with Crippen LogP contribution >= 0.6 is 0 Å². The number of hydrogen-bond donors (Lipinski definition) is 0. The molecule has 2 saturated heterocycles. The highest BCUT2D eigenvalue weighted by atomic mass is 16.6. The van der Waals surface area contributed by atoms with Crippen molar-refractivity contribution in [2.45, 2.75) is 37.8 Å². The number of non-ortho nitro benzene ring substituents is 1. The number of carbonyl (C=O) groups excluding carboxylic acids is 1. The van der Waals surface area contributed by atoms with Crippen LogP contribution in [0.1, 0.15) is 43.0 Å². The van der Waals surface area contributed by atoms with Crippen molar-refractivity contribution in [3.8, 4) is 16.8 Å². The van der Waals surface area contributed by atoms with Crippen LogP contribution in [0.25, 0.3) is 16.8 Å². The molecule has 0 saturated carbocycles. The van der Waals surface area contributed by atoms with Gasteiger partial charge >= 0.3 is 5.97 Å². The number of nitrogens with zero attached hydrogens (tertiary/aromatic N) is 4. The summed E-state index contributed by atoms with van der Waals surface area (Å²) in [7, 11) is 0. The van der Waals surface area contributed by atoms with Gasteiger partial charge in [0.15, 0.2) is 0 Å². The van der Waals surface area contributed by atoms with Gasteiger partial charge < -0.3 is 4.74 Å². The van der Waals surface area contributed by atoms with E-state index in [2.05, 4.69) is 23.1 Å². The van der Waals surface area contributed by atoms with Crippen LogP contribution in [0, 0.1) is 16.0 Å². The molecule has 2 aromatic carbocycles. The van der Waals surface area contributed by atoms with Crippen molar-refractivity contribution in [3.63, 3.8) is 0 Å². The van der Waals surface area contributed by atoms with Gasteiger partial charge in [0.25, 0.3) is 5.69 Å². The fourth-order valence-corrected chi connectivity index (χ4v) is 6.12. The van der Waals surface area contributed by atoms with Crippen LogP contribution in [0.4, 0.5) is 5.69 Å². The van der Waals surface area contributed by atoms with Crippen LogP contribution in [0.15, 0.2) is 54.7 Å². The number of nitro groups is 1. The van der Waals surface area contributed by atoms with Crippen LogP contribution in [0.2, 0.25) is 0 Å². The standard InChI is InChI=1S/C25H24N4O4/c1-2-33-25(30)21-20-8-5-13-27(20)24-18-7-4-3-6-17(18)19-14-28(26-23(19)22(21)24)15-9-11-16(12-10-15)29(31)32/h3-4,6-7,9-12,14,20-22,24H,2,5,8,13H2,1H3/t20?,21?,22-,24-/m0/s1. The second-order valence-corrected chi connectivity index (χ2v) is 8.93. The van der Waals surface area contributed by atoms with Gasteiger partial charge in [0.05, 0.1) is 28.8 Å². The Morgan fingerprint density at radius 2 is 1.97 bits per heavy atom. The van der Waals surface area contributed by atoms with Gasteiger partial charge in [0.2, 0.25) is 0 Å². The summed E-state index contributed by atoms with van der Waals surface area (Å²) in [6, 6.07) is 15.0. The molecule has 3 aliphatic rings. The Hall–Kier alpha value is -3.52. The Bertz CT molecular complexity index is 1250. The van der Waals surface area contributed by atoms with Crippen molar-refractivity contribution in [1.82, 2.24) is 14.7 Å². The van der Waals surface area contributed by atoms with Crippen molar-refractivity contribution in [2.24, 2.45) is 5.92 Å². The first-order valence-corrected chi connectivity index (χ1v) is 11.4. The molecule has 3 aromatic rings. The van der Waals surface area contributed by atoms with E-state index >= 15 is 0 Å². The van der Waals surface area contributed by atoms with E-state index in [1.807, 2.05) is 19.2 Å². The lowest BCUT2D eigenvalue weighted by molar-refractivity contribution is -0.384. The number of rotatable bonds is 4. The summed E-state index contributed by atoms with van der Waals surface area (Å²) in [5, 5.41) is 16.0. The minimum atomic E-state index is -0.408.